The zero-order valence-corrected chi connectivity index (χ0v) is 8.73. The molecule has 0 amide bonds. The van der Waals surface area contributed by atoms with Crippen LogP contribution in [0, 0.1) is 5.92 Å². The molecule has 0 saturated carbocycles. The molecule has 2 unspecified atom stereocenters. The fourth-order valence-electron chi connectivity index (χ4n) is 2.01. The summed E-state index contributed by atoms with van der Waals surface area (Å²) in [6.07, 6.45) is 1.19. The van der Waals surface area contributed by atoms with Gasteiger partial charge >= 0.3 is 0 Å². The summed E-state index contributed by atoms with van der Waals surface area (Å²) in [4.78, 5) is 0. The zero-order chi connectivity index (χ0) is 10.7. The fourth-order valence-corrected chi connectivity index (χ4v) is 2.01. The molecule has 3 N–H and O–H groups in total. The van der Waals surface area contributed by atoms with Crippen LogP contribution in [-0.2, 0) is 6.42 Å². The van der Waals surface area contributed by atoms with Gasteiger partial charge in [0, 0.05) is 5.92 Å². The third kappa shape index (κ3) is 2.30. The van der Waals surface area contributed by atoms with Gasteiger partial charge < -0.3 is 15.6 Å². The predicted octanol–water partition coefficient (Wildman–Crippen LogP) is 0.947. The Morgan fingerprint density at radius 3 is 3.07 bits per heavy atom. The lowest BCUT2D eigenvalue weighted by molar-refractivity contribution is 0.0605. The highest BCUT2D eigenvalue weighted by Crippen LogP contribution is 2.28. The smallest absolute Gasteiger partial charge is 0.122 e. The Labute approximate surface area is 89.9 Å². The molecular weight excluding hydrogens is 190 g/mol. The first-order valence-electron chi connectivity index (χ1n) is 5.40. The van der Waals surface area contributed by atoms with Crippen LogP contribution >= 0.6 is 0 Å². The van der Waals surface area contributed by atoms with Crippen molar-refractivity contribution in [2.24, 2.45) is 11.7 Å². The summed E-state index contributed by atoms with van der Waals surface area (Å²) >= 11 is 0. The van der Waals surface area contributed by atoms with Crippen molar-refractivity contribution in [3.63, 3.8) is 0 Å². The van der Waals surface area contributed by atoms with E-state index in [0.29, 0.717) is 19.6 Å². The lowest BCUT2D eigenvalue weighted by atomic mass is 9.90. The standard InChI is InChI=1S/C12H17NO2/c13-6-5-11(14)10-7-9-3-1-2-4-12(9)15-8-10/h1-4,10-11,14H,5-8,13H2. The van der Waals surface area contributed by atoms with Gasteiger partial charge in [-0.15, -0.1) is 0 Å². The van der Waals surface area contributed by atoms with E-state index in [1.54, 1.807) is 0 Å². The predicted molar refractivity (Wildman–Crippen MR) is 58.8 cm³/mol. The number of ether oxygens (including phenoxy) is 1. The van der Waals surface area contributed by atoms with Gasteiger partial charge in [0.15, 0.2) is 0 Å². The molecule has 0 bridgehead atoms. The number of aliphatic hydroxyl groups excluding tert-OH is 1. The maximum absolute atomic E-state index is 9.84. The molecule has 3 heteroatoms. The lowest BCUT2D eigenvalue weighted by Crippen LogP contribution is -2.33. The number of hydrogen-bond donors (Lipinski definition) is 2. The molecular formula is C12H17NO2. The molecule has 15 heavy (non-hydrogen) atoms. The monoisotopic (exact) mass is 207 g/mol. The second-order valence-electron chi connectivity index (χ2n) is 4.03. The van der Waals surface area contributed by atoms with Crippen LogP contribution in [0.25, 0.3) is 0 Å². The number of rotatable bonds is 3. The van der Waals surface area contributed by atoms with E-state index in [2.05, 4.69) is 6.07 Å². The van der Waals surface area contributed by atoms with E-state index in [9.17, 15) is 5.11 Å². The van der Waals surface area contributed by atoms with E-state index in [-0.39, 0.29) is 12.0 Å². The fraction of sp³-hybridized carbons (Fsp3) is 0.500. The molecule has 1 heterocycles. The molecule has 0 aromatic heterocycles. The summed E-state index contributed by atoms with van der Waals surface area (Å²) in [7, 11) is 0. The summed E-state index contributed by atoms with van der Waals surface area (Å²) in [5, 5.41) is 9.84. The molecule has 0 spiro atoms. The molecule has 2 rings (SSSR count). The number of hydrogen-bond acceptors (Lipinski definition) is 3. The minimum Gasteiger partial charge on any atom is -0.493 e. The van der Waals surface area contributed by atoms with Crippen molar-refractivity contribution in [3.05, 3.63) is 29.8 Å². The van der Waals surface area contributed by atoms with Gasteiger partial charge in [0.2, 0.25) is 0 Å². The van der Waals surface area contributed by atoms with Crippen molar-refractivity contribution in [3.8, 4) is 5.75 Å². The summed E-state index contributed by atoms with van der Waals surface area (Å²) in [6, 6.07) is 7.99. The van der Waals surface area contributed by atoms with E-state index in [1.807, 2.05) is 18.2 Å². The van der Waals surface area contributed by atoms with Crippen LogP contribution in [-0.4, -0.2) is 24.4 Å². The topological polar surface area (TPSA) is 55.5 Å². The van der Waals surface area contributed by atoms with Crippen LogP contribution in [0.2, 0.25) is 0 Å². The van der Waals surface area contributed by atoms with E-state index in [0.717, 1.165) is 12.2 Å². The molecule has 82 valence electrons. The van der Waals surface area contributed by atoms with Gasteiger partial charge in [0.25, 0.3) is 0 Å². The van der Waals surface area contributed by atoms with Crippen LogP contribution < -0.4 is 10.5 Å². The van der Waals surface area contributed by atoms with Crippen molar-refractivity contribution in [1.29, 1.82) is 0 Å². The highest BCUT2D eigenvalue weighted by atomic mass is 16.5. The van der Waals surface area contributed by atoms with Crippen LogP contribution in [0.1, 0.15) is 12.0 Å². The van der Waals surface area contributed by atoms with Crippen molar-refractivity contribution in [2.45, 2.75) is 18.9 Å². The molecule has 2 atom stereocenters. The van der Waals surface area contributed by atoms with Gasteiger partial charge in [-0.25, -0.2) is 0 Å². The molecule has 1 aromatic rings. The number of nitrogens with two attached hydrogens (primary N) is 1. The molecule has 1 aliphatic rings. The second kappa shape index (κ2) is 4.64. The largest absolute Gasteiger partial charge is 0.493 e. The average molecular weight is 207 g/mol. The summed E-state index contributed by atoms with van der Waals surface area (Å²) < 4.78 is 5.60. The number of fused-ring (bicyclic) bond motifs is 1. The molecule has 0 fully saturated rings. The molecule has 0 aliphatic carbocycles. The Balaban J connectivity index is 2.05. The molecule has 1 aliphatic heterocycles. The van der Waals surface area contributed by atoms with Crippen molar-refractivity contribution in [1.82, 2.24) is 0 Å². The Morgan fingerprint density at radius 2 is 2.27 bits per heavy atom. The average Bonchev–Trinajstić information content (AvgIpc) is 2.29. The summed E-state index contributed by atoms with van der Waals surface area (Å²) in [6.45, 7) is 1.12. The molecule has 1 aromatic carbocycles. The van der Waals surface area contributed by atoms with E-state index in [4.69, 9.17) is 10.5 Å². The highest BCUT2D eigenvalue weighted by molar-refractivity contribution is 5.35. The van der Waals surface area contributed by atoms with Crippen molar-refractivity contribution >= 4 is 0 Å². The Morgan fingerprint density at radius 1 is 1.47 bits per heavy atom. The first-order chi connectivity index (χ1) is 7.31. The first kappa shape index (κ1) is 10.5. The zero-order valence-electron chi connectivity index (χ0n) is 8.73. The molecule has 3 nitrogen and oxygen atoms in total. The van der Waals surface area contributed by atoms with Gasteiger partial charge in [-0.3, -0.25) is 0 Å². The third-order valence-electron chi connectivity index (χ3n) is 2.91. The van der Waals surface area contributed by atoms with Crippen LogP contribution in [0.5, 0.6) is 5.75 Å². The number of aliphatic hydroxyl groups is 1. The van der Waals surface area contributed by atoms with Gasteiger partial charge in [0.1, 0.15) is 5.75 Å². The minimum atomic E-state index is -0.344. The minimum absolute atomic E-state index is 0.184. The third-order valence-corrected chi connectivity index (χ3v) is 2.91. The van der Waals surface area contributed by atoms with Gasteiger partial charge in [-0.05, 0) is 31.0 Å². The van der Waals surface area contributed by atoms with Crippen LogP contribution in [0.3, 0.4) is 0 Å². The lowest BCUT2D eigenvalue weighted by Gasteiger charge is -2.28. The van der Waals surface area contributed by atoms with Crippen LogP contribution in [0.15, 0.2) is 24.3 Å². The normalized spacial score (nSPS) is 21.6. The molecule has 0 radical (unpaired) electrons. The maximum atomic E-state index is 9.84. The van der Waals surface area contributed by atoms with Gasteiger partial charge in [-0.2, -0.15) is 0 Å². The summed E-state index contributed by atoms with van der Waals surface area (Å²) in [5.74, 6) is 1.14. The maximum Gasteiger partial charge on any atom is 0.122 e. The number of benzene rings is 1. The van der Waals surface area contributed by atoms with E-state index in [1.165, 1.54) is 5.56 Å². The first-order valence-corrected chi connectivity index (χ1v) is 5.40. The van der Waals surface area contributed by atoms with Crippen molar-refractivity contribution < 1.29 is 9.84 Å². The van der Waals surface area contributed by atoms with Gasteiger partial charge in [-0.1, -0.05) is 18.2 Å². The van der Waals surface area contributed by atoms with Gasteiger partial charge in [0.05, 0.1) is 12.7 Å². The van der Waals surface area contributed by atoms with E-state index < -0.39 is 0 Å². The highest BCUT2D eigenvalue weighted by Gasteiger charge is 2.25. The SMILES string of the molecule is NCCC(O)C1COc2ccccc2C1. The number of para-hydroxylation sites is 1. The summed E-state index contributed by atoms with van der Waals surface area (Å²) in [5.41, 5.74) is 6.61. The van der Waals surface area contributed by atoms with Crippen molar-refractivity contribution in [2.75, 3.05) is 13.2 Å². The Kier molecular flexibility index (Phi) is 3.23. The van der Waals surface area contributed by atoms with E-state index >= 15 is 0 Å². The Hall–Kier alpha value is -1.06. The molecule has 0 saturated heterocycles. The quantitative estimate of drug-likeness (QED) is 0.775. The Bertz CT molecular complexity index is 327. The second-order valence-corrected chi connectivity index (χ2v) is 4.03. The van der Waals surface area contributed by atoms with Crippen LogP contribution in [0.4, 0.5) is 0 Å².